The number of hydrogen-bond donors (Lipinski definition) is 2. The van der Waals surface area contributed by atoms with Crippen LogP contribution in [0.15, 0.2) is 0 Å². The second-order valence-electron chi connectivity index (χ2n) is 4.89. The van der Waals surface area contributed by atoms with Gasteiger partial charge in [0.15, 0.2) is 0 Å². The summed E-state index contributed by atoms with van der Waals surface area (Å²) in [7, 11) is 1.94. The predicted octanol–water partition coefficient (Wildman–Crippen LogP) is 1.15. The van der Waals surface area contributed by atoms with E-state index in [2.05, 4.69) is 10.6 Å². The van der Waals surface area contributed by atoms with Gasteiger partial charge in [0.25, 0.3) is 0 Å². The van der Waals surface area contributed by atoms with E-state index in [4.69, 9.17) is 0 Å². The van der Waals surface area contributed by atoms with Crippen molar-refractivity contribution in [2.75, 3.05) is 20.1 Å². The summed E-state index contributed by atoms with van der Waals surface area (Å²) >= 11 is 0. The summed E-state index contributed by atoms with van der Waals surface area (Å²) in [5.74, 6) is 2.18. The van der Waals surface area contributed by atoms with Gasteiger partial charge in [-0.1, -0.05) is 12.8 Å². The molecule has 2 fully saturated rings. The Hall–Kier alpha value is -0.570. The van der Waals surface area contributed by atoms with Crippen molar-refractivity contribution in [2.45, 2.75) is 32.1 Å². The molecular weight excluding hydrogens is 188 g/mol. The lowest BCUT2D eigenvalue weighted by Crippen LogP contribution is -2.28. The Morgan fingerprint density at radius 1 is 1.20 bits per heavy atom. The first kappa shape index (κ1) is 10.9. The molecule has 15 heavy (non-hydrogen) atoms. The summed E-state index contributed by atoms with van der Waals surface area (Å²) in [6.07, 6.45) is 6.29. The highest BCUT2D eigenvalue weighted by Gasteiger charge is 2.54. The van der Waals surface area contributed by atoms with E-state index in [1.54, 1.807) is 0 Å². The normalized spacial score (nSPS) is 33.3. The van der Waals surface area contributed by atoms with Crippen molar-refractivity contribution in [2.24, 2.45) is 17.8 Å². The Bertz CT molecular complexity index is 218. The van der Waals surface area contributed by atoms with Gasteiger partial charge in [-0.15, -0.1) is 0 Å². The van der Waals surface area contributed by atoms with Crippen LogP contribution in [0.4, 0.5) is 0 Å². The third-order valence-corrected chi connectivity index (χ3v) is 3.86. The van der Waals surface area contributed by atoms with Crippen molar-refractivity contribution in [3.63, 3.8) is 0 Å². The first-order valence-corrected chi connectivity index (χ1v) is 6.27. The molecule has 3 nitrogen and oxygen atoms in total. The minimum atomic E-state index is 0.322. The third-order valence-electron chi connectivity index (χ3n) is 3.86. The number of carbonyl (C=O) groups is 1. The van der Waals surface area contributed by atoms with Crippen LogP contribution < -0.4 is 10.6 Å². The van der Waals surface area contributed by atoms with Gasteiger partial charge < -0.3 is 10.6 Å². The second-order valence-corrected chi connectivity index (χ2v) is 4.89. The van der Waals surface area contributed by atoms with Crippen LogP contribution in [0.1, 0.15) is 32.1 Å². The lowest BCUT2D eigenvalue weighted by atomic mass is 10.0. The molecule has 2 unspecified atom stereocenters. The molecule has 0 aliphatic heterocycles. The van der Waals surface area contributed by atoms with Crippen LogP contribution in [0.5, 0.6) is 0 Å². The van der Waals surface area contributed by atoms with Crippen LogP contribution in [0.3, 0.4) is 0 Å². The number of hydrogen-bond acceptors (Lipinski definition) is 2. The van der Waals surface area contributed by atoms with Gasteiger partial charge >= 0.3 is 0 Å². The van der Waals surface area contributed by atoms with Crippen molar-refractivity contribution >= 4 is 5.91 Å². The van der Waals surface area contributed by atoms with Crippen molar-refractivity contribution in [3.8, 4) is 0 Å². The van der Waals surface area contributed by atoms with Gasteiger partial charge in [-0.2, -0.15) is 0 Å². The fourth-order valence-corrected chi connectivity index (χ4v) is 2.98. The van der Waals surface area contributed by atoms with E-state index in [0.717, 1.165) is 31.3 Å². The van der Waals surface area contributed by atoms with E-state index in [0.29, 0.717) is 11.8 Å². The highest BCUT2D eigenvalue weighted by Crippen LogP contribution is 2.55. The van der Waals surface area contributed by atoms with Gasteiger partial charge in [0.05, 0.1) is 0 Å². The molecule has 0 aromatic heterocycles. The summed E-state index contributed by atoms with van der Waals surface area (Å²) in [5.41, 5.74) is 0. The molecule has 2 aliphatic carbocycles. The standard InChI is InChI=1S/C12H22N2O/c1-13-7-4-8-14-12(15)11-9-5-2-3-6-10(9)11/h9-11,13H,2-8H2,1H3,(H,14,15). The van der Waals surface area contributed by atoms with Gasteiger partial charge in [0.2, 0.25) is 5.91 Å². The molecule has 2 N–H and O–H groups in total. The summed E-state index contributed by atoms with van der Waals surface area (Å²) in [6, 6.07) is 0. The highest BCUT2D eigenvalue weighted by molar-refractivity contribution is 5.82. The Morgan fingerprint density at radius 2 is 1.87 bits per heavy atom. The maximum atomic E-state index is 11.8. The molecule has 2 atom stereocenters. The van der Waals surface area contributed by atoms with Crippen LogP contribution >= 0.6 is 0 Å². The average Bonchev–Trinajstić information content (AvgIpc) is 2.98. The lowest BCUT2D eigenvalue weighted by Gasteiger charge is -2.04. The van der Waals surface area contributed by atoms with Crippen LogP contribution in [-0.4, -0.2) is 26.0 Å². The number of rotatable bonds is 5. The van der Waals surface area contributed by atoms with Crippen LogP contribution in [-0.2, 0) is 4.79 Å². The molecular formula is C12H22N2O. The quantitative estimate of drug-likeness (QED) is 0.668. The van der Waals surface area contributed by atoms with Crippen LogP contribution in [0.25, 0.3) is 0 Å². The molecule has 0 aromatic rings. The molecule has 0 radical (unpaired) electrons. The Kier molecular flexibility index (Phi) is 3.62. The largest absolute Gasteiger partial charge is 0.356 e. The summed E-state index contributed by atoms with van der Waals surface area (Å²) in [6.45, 7) is 1.81. The maximum Gasteiger partial charge on any atom is 0.223 e. The number of carbonyl (C=O) groups excluding carboxylic acids is 1. The topological polar surface area (TPSA) is 41.1 Å². The van der Waals surface area contributed by atoms with Crippen LogP contribution in [0, 0.1) is 17.8 Å². The first-order valence-electron chi connectivity index (χ1n) is 6.27. The molecule has 2 rings (SSSR count). The number of nitrogens with one attached hydrogen (secondary N) is 2. The number of amides is 1. The fraction of sp³-hybridized carbons (Fsp3) is 0.917. The maximum absolute atomic E-state index is 11.8. The number of fused-ring (bicyclic) bond motifs is 1. The lowest BCUT2D eigenvalue weighted by molar-refractivity contribution is -0.122. The minimum absolute atomic E-state index is 0.322. The van der Waals surface area contributed by atoms with Crippen LogP contribution in [0.2, 0.25) is 0 Å². The molecule has 0 bridgehead atoms. The van der Waals surface area contributed by atoms with Crippen molar-refractivity contribution in [1.29, 1.82) is 0 Å². The SMILES string of the molecule is CNCCCNC(=O)C1C2CCCCC21. The predicted molar refractivity (Wildman–Crippen MR) is 60.5 cm³/mol. The molecule has 3 heteroatoms. The Balaban J connectivity index is 1.64. The molecule has 86 valence electrons. The van der Waals surface area contributed by atoms with Gasteiger partial charge in [-0.25, -0.2) is 0 Å². The monoisotopic (exact) mass is 210 g/mol. The summed E-state index contributed by atoms with van der Waals surface area (Å²) in [4.78, 5) is 11.8. The van der Waals surface area contributed by atoms with Gasteiger partial charge in [0.1, 0.15) is 0 Å². The average molecular weight is 210 g/mol. The second kappa shape index (κ2) is 4.97. The highest BCUT2D eigenvalue weighted by atomic mass is 16.2. The van der Waals surface area contributed by atoms with E-state index >= 15 is 0 Å². The molecule has 0 aromatic carbocycles. The zero-order valence-corrected chi connectivity index (χ0v) is 9.59. The van der Waals surface area contributed by atoms with E-state index in [1.165, 1.54) is 25.7 Å². The fourth-order valence-electron chi connectivity index (χ4n) is 2.98. The molecule has 0 saturated heterocycles. The van der Waals surface area contributed by atoms with Crippen molar-refractivity contribution < 1.29 is 4.79 Å². The molecule has 1 amide bonds. The zero-order chi connectivity index (χ0) is 10.7. The van der Waals surface area contributed by atoms with Crippen molar-refractivity contribution in [1.82, 2.24) is 10.6 Å². The van der Waals surface area contributed by atoms with Gasteiger partial charge in [-0.05, 0) is 44.7 Å². The van der Waals surface area contributed by atoms with E-state index in [1.807, 2.05) is 7.05 Å². The van der Waals surface area contributed by atoms with Crippen molar-refractivity contribution in [3.05, 3.63) is 0 Å². The third kappa shape index (κ3) is 2.51. The van der Waals surface area contributed by atoms with Gasteiger partial charge in [0, 0.05) is 12.5 Å². The molecule has 0 heterocycles. The van der Waals surface area contributed by atoms with E-state index in [-0.39, 0.29) is 0 Å². The molecule has 2 aliphatic rings. The summed E-state index contributed by atoms with van der Waals surface area (Å²) in [5, 5.41) is 6.14. The van der Waals surface area contributed by atoms with E-state index in [9.17, 15) is 4.79 Å². The Morgan fingerprint density at radius 3 is 2.47 bits per heavy atom. The first-order chi connectivity index (χ1) is 7.34. The molecule has 2 saturated carbocycles. The zero-order valence-electron chi connectivity index (χ0n) is 9.59. The Labute approximate surface area is 92.0 Å². The molecule has 0 spiro atoms. The van der Waals surface area contributed by atoms with Gasteiger partial charge in [-0.3, -0.25) is 4.79 Å². The smallest absolute Gasteiger partial charge is 0.223 e. The summed E-state index contributed by atoms with van der Waals surface area (Å²) < 4.78 is 0. The van der Waals surface area contributed by atoms with E-state index < -0.39 is 0 Å². The minimum Gasteiger partial charge on any atom is -0.356 e.